The smallest absolute Gasteiger partial charge is 0.0529 e. The first-order valence-corrected chi connectivity index (χ1v) is 24.8. The summed E-state index contributed by atoms with van der Waals surface area (Å²) in [7, 11) is 0. The largest absolute Gasteiger partial charge is 0.311 e. The van der Waals surface area contributed by atoms with Crippen LogP contribution in [-0.2, 0) is 5.41 Å². The molecule has 0 fully saturated rings. The summed E-state index contributed by atoms with van der Waals surface area (Å²) in [5, 5.41) is 2.64. The molecule has 0 aliphatic heterocycles. The summed E-state index contributed by atoms with van der Waals surface area (Å²) < 4.78 is 2.65. The second-order valence-electron chi connectivity index (χ2n) is 18.4. The fraction of sp³-hybridized carbons (Fsp3) is 0.0448. The summed E-state index contributed by atoms with van der Waals surface area (Å²) >= 11 is 1.86. The number of thiophene rings is 1. The first-order valence-electron chi connectivity index (χ1n) is 24.0. The Labute approximate surface area is 408 Å². The summed E-state index contributed by atoms with van der Waals surface area (Å²) in [5.41, 5.74) is 19.5. The number of anilines is 2. The van der Waals surface area contributed by atoms with Gasteiger partial charge in [0.25, 0.3) is 0 Å². The zero-order chi connectivity index (χ0) is 45.7. The third kappa shape index (κ3) is 7.07. The van der Waals surface area contributed by atoms with Crippen LogP contribution in [0.1, 0.15) is 23.1 Å². The van der Waals surface area contributed by atoms with Crippen LogP contribution in [0.5, 0.6) is 0 Å². The van der Waals surface area contributed by atoms with Crippen molar-refractivity contribution in [2.24, 2.45) is 5.92 Å². The minimum absolute atomic E-state index is 0.193. The molecule has 1 aromatic heterocycles. The van der Waals surface area contributed by atoms with E-state index in [1.807, 2.05) is 11.3 Å². The van der Waals surface area contributed by atoms with Gasteiger partial charge in [-0.3, -0.25) is 0 Å². The van der Waals surface area contributed by atoms with Crippen molar-refractivity contribution in [2.45, 2.75) is 11.8 Å². The van der Waals surface area contributed by atoms with Crippen molar-refractivity contribution in [1.82, 2.24) is 0 Å². The van der Waals surface area contributed by atoms with E-state index in [2.05, 4.69) is 272 Å². The molecule has 13 rings (SSSR count). The Bertz CT molecular complexity index is 3630. The van der Waals surface area contributed by atoms with E-state index in [1.165, 1.54) is 92.5 Å². The first-order chi connectivity index (χ1) is 34.2. The number of fused-ring (bicyclic) bond motifs is 6. The lowest BCUT2D eigenvalue weighted by molar-refractivity contribution is 0.456. The molecular formula is C67H47NS. The van der Waals surface area contributed by atoms with E-state index in [0.717, 1.165) is 23.5 Å². The van der Waals surface area contributed by atoms with E-state index in [0.29, 0.717) is 0 Å². The number of nitrogens with zero attached hydrogens (tertiary/aromatic N) is 1. The van der Waals surface area contributed by atoms with Crippen LogP contribution in [0.15, 0.2) is 273 Å². The minimum atomic E-state index is -0.330. The van der Waals surface area contributed by atoms with Crippen molar-refractivity contribution in [3.05, 3.63) is 289 Å². The average Bonchev–Trinajstić information content (AvgIpc) is 3.96. The van der Waals surface area contributed by atoms with Crippen LogP contribution in [0.25, 0.3) is 75.8 Å². The number of hydrogen-bond donors (Lipinski definition) is 0. The molecule has 2 aliphatic carbocycles. The summed E-state index contributed by atoms with van der Waals surface area (Å²) in [6, 6.07) is 91.8. The first kappa shape index (κ1) is 40.9. The monoisotopic (exact) mass is 897 g/mol. The quantitative estimate of drug-likeness (QED) is 0.140. The molecule has 0 radical (unpaired) electrons. The van der Waals surface area contributed by atoms with Gasteiger partial charge in [-0.05, 0) is 151 Å². The Hall–Kier alpha value is -8.30. The Balaban J connectivity index is 0.905. The maximum absolute atomic E-state index is 2.50. The summed E-state index contributed by atoms with van der Waals surface area (Å²) in [6.07, 6.45) is 8.23. The van der Waals surface area contributed by atoms with Gasteiger partial charge in [0.1, 0.15) is 0 Å². The maximum atomic E-state index is 2.50. The fourth-order valence-electron chi connectivity index (χ4n) is 11.3. The van der Waals surface area contributed by atoms with Crippen molar-refractivity contribution < 1.29 is 0 Å². The molecule has 1 heterocycles. The van der Waals surface area contributed by atoms with E-state index in [4.69, 9.17) is 0 Å². The Morgan fingerprint density at radius 3 is 1.41 bits per heavy atom. The molecule has 2 aliphatic rings. The highest BCUT2D eigenvalue weighted by molar-refractivity contribution is 7.25. The SMILES string of the molecule is C1=CC(C2(c3ccccc3)c3ccccc3-c3ccccc32)CC=C1N(c1ccc(-c2cc(-c3ccccc3)cc(-c3ccccc3)c2)cc1)c1ccc(-c2ccc3sc4ccccc4c3c2)cc1. The maximum Gasteiger partial charge on any atom is 0.0529 e. The molecule has 0 saturated heterocycles. The van der Waals surface area contributed by atoms with Crippen molar-refractivity contribution in [3.63, 3.8) is 0 Å². The summed E-state index contributed by atoms with van der Waals surface area (Å²) in [5.74, 6) is 0.193. The van der Waals surface area contributed by atoms with Crippen molar-refractivity contribution in [3.8, 4) is 55.6 Å². The van der Waals surface area contributed by atoms with Crippen molar-refractivity contribution >= 4 is 42.9 Å². The highest BCUT2D eigenvalue weighted by Crippen LogP contribution is 2.58. The molecule has 69 heavy (non-hydrogen) atoms. The lowest BCUT2D eigenvalue weighted by atomic mass is 9.62. The number of rotatable bonds is 9. The molecule has 1 atom stereocenters. The number of benzene rings is 10. The average molecular weight is 898 g/mol. The predicted octanol–water partition coefficient (Wildman–Crippen LogP) is 18.3. The molecule has 10 aromatic carbocycles. The van der Waals surface area contributed by atoms with Gasteiger partial charge in [0.05, 0.1) is 5.41 Å². The second-order valence-corrected chi connectivity index (χ2v) is 19.4. The van der Waals surface area contributed by atoms with Crippen LogP contribution in [0, 0.1) is 5.92 Å². The highest BCUT2D eigenvalue weighted by Gasteiger charge is 2.49. The van der Waals surface area contributed by atoms with Crippen LogP contribution in [0.3, 0.4) is 0 Å². The lowest BCUT2D eigenvalue weighted by Gasteiger charge is -2.40. The second kappa shape index (κ2) is 17.1. The van der Waals surface area contributed by atoms with Gasteiger partial charge in [-0.15, -0.1) is 11.3 Å². The fourth-order valence-corrected chi connectivity index (χ4v) is 12.4. The third-order valence-corrected chi connectivity index (χ3v) is 15.7. The van der Waals surface area contributed by atoms with Gasteiger partial charge in [0, 0.05) is 37.2 Å². The number of hydrogen-bond acceptors (Lipinski definition) is 2. The summed E-state index contributed by atoms with van der Waals surface area (Å²) in [4.78, 5) is 2.44. The van der Waals surface area contributed by atoms with Crippen molar-refractivity contribution in [1.29, 1.82) is 0 Å². The molecule has 0 saturated carbocycles. The van der Waals surface area contributed by atoms with E-state index >= 15 is 0 Å². The predicted molar refractivity (Wildman–Crippen MR) is 293 cm³/mol. The molecular weight excluding hydrogens is 851 g/mol. The van der Waals surface area contributed by atoms with Gasteiger partial charge in [-0.1, -0.05) is 200 Å². The molecule has 2 heteroatoms. The zero-order valence-corrected chi connectivity index (χ0v) is 38.9. The molecule has 326 valence electrons. The van der Waals surface area contributed by atoms with Gasteiger partial charge in [0.2, 0.25) is 0 Å². The third-order valence-electron chi connectivity index (χ3n) is 14.6. The lowest BCUT2D eigenvalue weighted by Crippen LogP contribution is -2.36. The normalized spacial score (nSPS) is 14.6. The van der Waals surface area contributed by atoms with Crippen LogP contribution in [0.2, 0.25) is 0 Å². The van der Waals surface area contributed by atoms with Gasteiger partial charge in [-0.2, -0.15) is 0 Å². The highest BCUT2D eigenvalue weighted by atomic mass is 32.1. The topological polar surface area (TPSA) is 3.24 Å². The van der Waals surface area contributed by atoms with Crippen molar-refractivity contribution in [2.75, 3.05) is 4.90 Å². The Morgan fingerprint density at radius 2 is 0.841 bits per heavy atom. The molecule has 1 unspecified atom stereocenters. The van der Waals surface area contributed by atoms with E-state index in [-0.39, 0.29) is 11.3 Å². The van der Waals surface area contributed by atoms with Crippen LogP contribution < -0.4 is 4.90 Å². The van der Waals surface area contributed by atoms with Gasteiger partial charge < -0.3 is 4.90 Å². The van der Waals surface area contributed by atoms with E-state index in [9.17, 15) is 0 Å². The van der Waals surface area contributed by atoms with E-state index in [1.54, 1.807) is 0 Å². The molecule has 0 amide bonds. The molecule has 11 aromatic rings. The Kier molecular flexibility index (Phi) is 10.1. The van der Waals surface area contributed by atoms with Gasteiger partial charge in [-0.25, -0.2) is 0 Å². The standard InChI is InChI=1S/C67H47NS/c1-4-16-46(17-5-1)51-42-52(47-18-6-2-7-19-47)44-53(43-51)49-30-37-57(38-31-49)68(56-35-28-48(29-36-56)50-32-41-66-62(45-50)61-24-12-15-27-65(61)69-66)58-39-33-55(34-40-58)67(54-20-8-3-9-21-54)63-25-13-10-22-59(63)60-23-11-14-26-64(60)67/h1-33,35-45,55H,34H2. The summed E-state index contributed by atoms with van der Waals surface area (Å²) in [6.45, 7) is 0. The van der Waals surface area contributed by atoms with E-state index < -0.39 is 0 Å². The minimum Gasteiger partial charge on any atom is -0.311 e. The van der Waals surface area contributed by atoms with Gasteiger partial charge in [0.15, 0.2) is 0 Å². The molecule has 1 nitrogen and oxygen atoms in total. The molecule has 0 N–H and O–H groups in total. The van der Waals surface area contributed by atoms with Crippen LogP contribution in [0.4, 0.5) is 11.4 Å². The molecule has 0 bridgehead atoms. The Morgan fingerprint density at radius 1 is 0.377 bits per heavy atom. The van der Waals surface area contributed by atoms with Crippen LogP contribution >= 0.6 is 11.3 Å². The van der Waals surface area contributed by atoms with Crippen LogP contribution in [-0.4, -0.2) is 0 Å². The number of allylic oxidation sites excluding steroid dienone is 3. The molecule has 0 spiro atoms. The van der Waals surface area contributed by atoms with Gasteiger partial charge >= 0.3 is 0 Å². The zero-order valence-electron chi connectivity index (χ0n) is 38.0.